The van der Waals surface area contributed by atoms with Gasteiger partial charge in [0.15, 0.2) is 0 Å². The first-order valence-corrected chi connectivity index (χ1v) is 6.48. The molecule has 0 spiro atoms. The van der Waals surface area contributed by atoms with E-state index in [2.05, 4.69) is 13.2 Å². The molecule has 1 rings (SSSR count). The van der Waals surface area contributed by atoms with E-state index in [4.69, 9.17) is 14.6 Å². The molecule has 0 bridgehead atoms. The smallest absolute Gasteiger partial charge is 0.351 e. The van der Waals surface area contributed by atoms with E-state index in [0.29, 0.717) is 16.7 Å². The number of hydrogen-bond donors (Lipinski definition) is 2. The molecule has 1 aromatic heterocycles. The van der Waals surface area contributed by atoms with E-state index in [9.17, 15) is 24.0 Å². The lowest BCUT2D eigenvalue weighted by Crippen LogP contribution is -2.58. The summed E-state index contributed by atoms with van der Waals surface area (Å²) in [7, 11) is 0. The minimum atomic E-state index is -2.52. The number of carbonyl (C=O) groups excluding carboxylic acids is 2. The number of aromatic nitrogens is 3. The zero-order valence-electron chi connectivity index (χ0n) is 12.7. The molecule has 0 fully saturated rings. The number of rotatable bonds is 7. The molecule has 0 atom stereocenters. The maximum Gasteiger partial charge on any atom is 0.351 e. The Morgan fingerprint density at radius 2 is 1.67 bits per heavy atom. The molecule has 1 aromatic rings. The highest BCUT2D eigenvalue weighted by molar-refractivity contribution is 5.83. The second-order valence-corrected chi connectivity index (χ2v) is 4.38. The average Bonchev–Trinajstić information content (AvgIpc) is 2.50. The summed E-state index contributed by atoms with van der Waals surface area (Å²) in [5.74, 6) is -4.74. The molecular weight excluding hydrogens is 326 g/mol. The minimum Gasteiger partial charge on any atom is -0.400 e. The Bertz CT molecular complexity index is 822. The molecule has 11 nitrogen and oxygen atoms in total. The van der Waals surface area contributed by atoms with Crippen molar-refractivity contribution < 1.29 is 24.2 Å². The van der Waals surface area contributed by atoms with Crippen LogP contribution in [0, 0.1) is 0 Å². The first kappa shape index (κ1) is 18.8. The molecule has 1 heterocycles. The number of aliphatic hydroxyl groups is 1. The van der Waals surface area contributed by atoms with Crippen molar-refractivity contribution in [2.75, 3.05) is 6.61 Å². The van der Waals surface area contributed by atoms with Gasteiger partial charge in [0, 0.05) is 19.1 Å². The van der Waals surface area contributed by atoms with Crippen molar-refractivity contribution in [3.8, 4) is 0 Å². The first-order chi connectivity index (χ1) is 11.2. The molecular formula is C13H15N3O8. The minimum absolute atomic E-state index is 0.201. The molecule has 0 saturated heterocycles. The maximum absolute atomic E-state index is 12.3. The lowest BCUT2D eigenvalue weighted by Gasteiger charge is -2.28. The summed E-state index contributed by atoms with van der Waals surface area (Å²) in [6.45, 7) is 6.19. The van der Waals surface area contributed by atoms with Gasteiger partial charge < -0.3 is 14.6 Å². The van der Waals surface area contributed by atoms with Crippen molar-refractivity contribution in [2.45, 2.75) is 19.4 Å². The predicted octanol–water partition coefficient (Wildman–Crippen LogP) is -2.22. The average molecular weight is 341 g/mol. The molecule has 0 amide bonds. The molecule has 130 valence electrons. The second-order valence-electron chi connectivity index (χ2n) is 4.38. The molecule has 11 heteroatoms. The van der Waals surface area contributed by atoms with Crippen molar-refractivity contribution in [3.63, 3.8) is 0 Å². The van der Waals surface area contributed by atoms with Crippen LogP contribution in [0.4, 0.5) is 0 Å². The van der Waals surface area contributed by atoms with Crippen molar-refractivity contribution in [1.82, 2.24) is 14.1 Å². The quantitative estimate of drug-likeness (QED) is 0.322. The summed E-state index contributed by atoms with van der Waals surface area (Å²) in [5.41, 5.74) is -3.66. The Kier molecular flexibility index (Phi) is 5.79. The zero-order chi connectivity index (χ0) is 18.5. The van der Waals surface area contributed by atoms with Gasteiger partial charge in [-0.15, -0.1) is 0 Å². The molecule has 0 aliphatic carbocycles. The van der Waals surface area contributed by atoms with Gasteiger partial charge in [-0.25, -0.2) is 28.5 Å². The van der Waals surface area contributed by atoms with Crippen LogP contribution in [0.1, 0.15) is 6.92 Å². The largest absolute Gasteiger partial charge is 0.400 e. The van der Waals surface area contributed by atoms with Crippen LogP contribution in [0.25, 0.3) is 0 Å². The van der Waals surface area contributed by atoms with Gasteiger partial charge >= 0.3 is 34.9 Å². The molecule has 0 saturated carbocycles. The third kappa shape index (κ3) is 3.76. The zero-order valence-corrected chi connectivity index (χ0v) is 12.7. The highest BCUT2D eigenvalue weighted by atomic mass is 16.8. The molecule has 24 heavy (non-hydrogen) atoms. The lowest BCUT2D eigenvalue weighted by atomic mass is 10.5. The first-order valence-electron chi connectivity index (χ1n) is 6.48. The fourth-order valence-electron chi connectivity index (χ4n) is 1.73. The highest BCUT2D eigenvalue weighted by Crippen LogP contribution is 2.17. The van der Waals surface area contributed by atoms with Crippen molar-refractivity contribution in [3.05, 3.63) is 56.8 Å². The van der Waals surface area contributed by atoms with E-state index < -0.39 is 48.1 Å². The van der Waals surface area contributed by atoms with E-state index in [0.717, 1.165) is 6.92 Å². The third-order valence-electron chi connectivity index (χ3n) is 2.73. The Morgan fingerprint density at radius 1 is 1.17 bits per heavy atom. The molecule has 0 unspecified atom stereocenters. The van der Waals surface area contributed by atoms with E-state index in [1.807, 2.05) is 0 Å². The van der Waals surface area contributed by atoms with Crippen LogP contribution in [0.5, 0.6) is 0 Å². The summed E-state index contributed by atoms with van der Waals surface area (Å²) in [4.78, 5) is 60.7. The highest BCUT2D eigenvalue weighted by Gasteiger charge is 2.38. The van der Waals surface area contributed by atoms with Gasteiger partial charge in [0.05, 0.1) is 13.2 Å². The topological polar surface area (TPSA) is 150 Å². The third-order valence-corrected chi connectivity index (χ3v) is 2.73. The Morgan fingerprint density at radius 3 is 2.08 bits per heavy atom. The maximum atomic E-state index is 12.3. The lowest BCUT2D eigenvalue weighted by molar-refractivity contribution is -0.255. The molecule has 0 aliphatic rings. The van der Waals surface area contributed by atoms with E-state index >= 15 is 0 Å². The predicted molar refractivity (Wildman–Crippen MR) is 78.9 cm³/mol. The van der Waals surface area contributed by atoms with Gasteiger partial charge in [0.1, 0.15) is 0 Å². The van der Waals surface area contributed by atoms with Crippen LogP contribution >= 0.6 is 0 Å². The number of nitrogens with one attached hydrogen (secondary N) is 1. The van der Waals surface area contributed by atoms with Gasteiger partial charge in [0.25, 0.3) is 0 Å². The molecule has 0 aromatic carbocycles. The van der Waals surface area contributed by atoms with Crippen LogP contribution in [-0.2, 0) is 31.5 Å². The number of aromatic amines is 1. The summed E-state index contributed by atoms with van der Waals surface area (Å²) >= 11 is 0. The Balaban J connectivity index is 3.70. The van der Waals surface area contributed by atoms with Gasteiger partial charge in [0.2, 0.25) is 0 Å². The number of H-pyrrole nitrogens is 1. The number of carbonyl (C=O) groups is 2. The fourth-order valence-corrected chi connectivity index (χ4v) is 1.73. The number of ether oxygens (including phenoxy) is 2. The fraction of sp³-hybridized carbons (Fsp3) is 0.308. The van der Waals surface area contributed by atoms with Gasteiger partial charge in [-0.05, 0) is 0 Å². The number of hydrogen-bond acceptors (Lipinski definition) is 8. The van der Waals surface area contributed by atoms with E-state index in [-0.39, 0.29) is 4.57 Å². The SMILES string of the molecule is C=CC(=O)OC(C)(OC(=O)C=C)n1c(=O)[nH]c(=O)n(CCO)c1=O. The van der Waals surface area contributed by atoms with Crippen LogP contribution in [0.3, 0.4) is 0 Å². The summed E-state index contributed by atoms with van der Waals surface area (Å²) in [5, 5.41) is 8.90. The summed E-state index contributed by atoms with van der Waals surface area (Å²) < 4.78 is 10.3. The molecule has 2 N–H and O–H groups in total. The van der Waals surface area contributed by atoms with Gasteiger partial charge in [-0.2, -0.15) is 4.57 Å². The number of nitrogens with zero attached hydrogens (tertiary/aromatic N) is 2. The van der Waals surface area contributed by atoms with E-state index in [1.54, 1.807) is 4.98 Å². The van der Waals surface area contributed by atoms with Crippen LogP contribution in [0.2, 0.25) is 0 Å². The van der Waals surface area contributed by atoms with Crippen molar-refractivity contribution >= 4 is 11.9 Å². The standard InChI is InChI=1S/C13H15N3O8/c1-4-8(18)23-13(3,24-9(19)5-2)16-11(21)14-10(20)15(6-7-17)12(16)22/h4-5,17H,1-2,6-7H2,3H3,(H,14,20,21). The monoisotopic (exact) mass is 341 g/mol. The van der Waals surface area contributed by atoms with Gasteiger partial charge in [-0.1, -0.05) is 13.2 Å². The van der Waals surface area contributed by atoms with Crippen molar-refractivity contribution in [2.24, 2.45) is 0 Å². The van der Waals surface area contributed by atoms with Gasteiger partial charge in [-0.3, -0.25) is 4.98 Å². The Labute approximate surface area is 134 Å². The summed E-state index contributed by atoms with van der Waals surface area (Å²) in [6, 6.07) is 0. The normalized spacial score (nSPS) is 10.8. The second kappa shape index (κ2) is 7.37. The van der Waals surface area contributed by atoms with E-state index in [1.165, 1.54) is 0 Å². The van der Waals surface area contributed by atoms with Crippen LogP contribution in [-0.4, -0.2) is 37.8 Å². The Hall–Kier alpha value is -3.21. The van der Waals surface area contributed by atoms with Crippen molar-refractivity contribution in [1.29, 1.82) is 0 Å². The molecule has 0 aliphatic heterocycles. The molecule has 0 radical (unpaired) electrons. The number of aliphatic hydroxyl groups excluding tert-OH is 1. The van der Waals surface area contributed by atoms with Crippen LogP contribution < -0.4 is 17.1 Å². The summed E-state index contributed by atoms with van der Waals surface area (Å²) in [6.07, 6.45) is 1.42. The van der Waals surface area contributed by atoms with Crippen LogP contribution in [0.15, 0.2) is 39.7 Å². The number of esters is 2.